The van der Waals surface area contributed by atoms with Crippen molar-refractivity contribution in [3.8, 4) is 0 Å². The summed E-state index contributed by atoms with van der Waals surface area (Å²) in [5.74, 6) is -0.239. The number of hydrogen-bond acceptors (Lipinski definition) is 4. The van der Waals surface area contributed by atoms with Crippen molar-refractivity contribution in [1.29, 1.82) is 0 Å². The Balaban J connectivity index is 1.96. The van der Waals surface area contributed by atoms with Gasteiger partial charge in [0.15, 0.2) is 0 Å². The van der Waals surface area contributed by atoms with Crippen LogP contribution in [0, 0.1) is 10.1 Å². The summed E-state index contributed by atoms with van der Waals surface area (Å²) < 4.78 is 1.03. The number of amides is 1. The van der Waals surface area contributed by atoms with Crippen LogP contribution >= 0.6 is 0 Å². The van der Waals surface area contributed by atoms with Gasteiger partial charge in [-0.15, -0.1) is 0 Å². The van der Waals surface area contributed by atoms with E-state index in [1.54, 1.807) is 0 Å². The second-order valence-corrected chi connectivity index (χ2v) is 5.23. The van der Waals surface area contributed by atoms with E-state index < -0.39 is 10.5 Å². The topological polar surface area (TPSA) is 94.2 Å². The molecule has 0 aliphatic rings. The third-order valence-electron chi connectivity index (χ3n) is 3.47. The number of carbonyl (C=O) groups excluding carboxylic acids is 1. The van der Waals surface area contributed by atoms with Gasteiger partial charge in [0.25, 0.3) is 11.2 Å². The highest BCUT2D eigenvalue weighted by Gasteiger charge is 2.12. The van der Waals surface area contributed by atoms with Crippen LogP contribution in [0.5, 0.6) is 0 Å². The summed E-state index contributed by atoms with van der Waals surface area (Å²) in [5.41, 5.74) is 0.414. The Labute approximate surface area is 132 Å². The van der Waals surface area contributed by atoms with Gasteiger partial charge in [0, 0.05) is 18.7 Å². The number of pyridine rings is 1. The number of rotatable bonds is 6. The third kappa shape index (κ3) is 4.50. The molecule has 0 radical (unpaired) electrons. The smallest absolute Gasteiger partial charge is 0.285 e. The Hall–Kier alpha value is -2.96. The molecule has 0 spiro atoms. The molecule has 1 amide bonds. The average Bonchev–Trinajstić information content (AvgIpc) is 2.55. The zero-order chi connectivity index (χ0) is 16.8. The fourth-order valence-corrected chi connectivity index (χ4v) is 2.13. The number of nitrogens with one attached hydrogen (secondary N) is 1. The Bertz CT molecular complexity index is 755. The number of nitrogens with zero attached hydrogens (tertiary/aromatic N) is 2. The summed E-state index contributed by atoms with van der Waals surface area (Å²) in [5, 5.41) is 13.4. The second-order valence-electron chi connectivity index (χ2n) is 5.23. The molecule has 0 aliphatic heterocycles. The van der Waals surface area contributed by atoms with E-state index in [2.05, 4.69) is 5.32 Å². The molecule has 120 valence electrons. The fourth-order valence-electron chi connectivity index (χ4n) is 2.13. The lowest BCUT2D eigenvalue weighted by molar-refractivity contribution is -0.385. The van der Waals surface area contributed by atoms with E-state index in [0.717, 1.165) is 28.5 Å². The van der Waals surface area contributed by atoms with E-state index in [9.17, 15) is 19.7 Å². The molecule has 1 heterocycles. The molecule has 0 aliphatic carbocycles. The first kappa shape index (κ1) is 16.4. The summed E-state index contributed by atoms with van der Waals surface area (Å²) in [6.07, 6.45) is 1.07. The number of nitro groups is 1. The minimum Gasteiger partial charge on any atom is -0.354 e. The molecule has 0 saturated heterocycles. The molecule has 2 rings (SSSR count). The minimum absolute atomic E-state index is 0.127. The lowest BCUT2D eigenvalue weighted by Crippen LogP contribution is -2.33. The van der Waals surface area contributed by atoms with Gasteiger partial charge in [-0.3, -0.25) is 24.3 Å². The normalized spacial score (nSPS) is 11.7. The van der Waals surface area contributed by atoms with Crippen LogP contribution in [0.25, 0.3) is 0 Å². The summed E-state index contributed by atoms with van der Waals surface area (Å²) in [6, 6.07) is 11.9. The molecule has 1 aromatic carbocycles. The molecule has 23 heavy (non-hydrogen) atoms. The van der Waals surface area contributed by atoms with Crippen molar-refractivity contribution in [1.82, 2.24) is 9.88 Å². The van der Waals surface area contributed by atoms with Crippen LogP contribution < -0.4 is 10.9 Å². The molecule has 0 bridgehead atoms. The van der Waals surface area contributed by atoms with Gasteiger partial charge in [0.05, 0.1) is 11.1 Å². The molecule has 1 atom stereocenters. The van der Waals surface area contributed by atoms with Crippen LogP contribution in [-0.4, -0.2) is 21.9 Å². The molecule has 0 saturated carbocycles. The van der Waals surface area contributed by atoms with Crippen LogP contribution in [0.4, 0.5) is 5.69 Å². The van der Waals surface area contributed by atoms with Crippen LogP contribution in [-0.2, 0) is 11.3 Å². The largest absolute Gasteiger partial charge is 0.354 e. The summed E-state index contributed by atoms with van der Waals surface area (Å²) in [4.78, 5) is 33.7. The lowest BCUT2D eigenvalue weighted by Gasteiger charge is -2.13. The van der Waals surface area contributed by atoms with Gasteiger partial charge in [-0.2, -0.15) is 0 Å². The Morgan fingerprint density at radius 3 is 2.61 bits per heavy atom. The number of benzene rings is 1. The van der Waals surface area contributed by atoms with Crippen molar-refractivity contribution in [3.05, 3.63) is 74.7 Å². The van der Waals surface area contributed by atoms with E-state index in [0.29, 0.717) is 6.54 Å². The van der Waals surface area contributed by atoms with Crippen molar-refractivity contribution in [3.63, 3.8) is 0 Å². The first-order valence-corrected chi connectivity index (χ1v) is 7.14. The van der Waals surface area contributed by atoms with Gasteiger partial charge in [0.2, 0.25) is 5.91 Å². The predicted octanol–water partition coefficient (Wildman–Crippen LogP) is 1.68. The zero-order valence-corrected chi connectivity index (χ0v) is 12.6. The Kier molecular flexibility index (Phi) is 5.24. The van der Waals surface area contributed by atoms with Gasteiger partial charge in [-0.25, -0.2) is 0 Å². The predicted molar refractivity (Wildman–Crippen MR) is 85.2 cm³/mol. The molecule has 1 aromatic heterocycles. The lowest BCUT2D eigenvalue weighted by atomic mass is 10.0. The van der Waals surface area contributed by atoms with E-state index >= 15 is 0 Å². The first-order valence-electron chi connectivity index (χ1n) is 7.14. The molecular weight excluding hydrogens is 298 g/mol. The van der Waals surface area contributed by atoms with E-state index in [4.69, 9.17) is 0 Å². The van der Waals surface area contributed by atoms with Gasteiger partial charge in [0.1, 0.15) is 6.54 Å². The van der Waals surface area contributed by atoms with Crippen molar-refractivity contribution >= 4 is 11.6 Å². The van der Waals surface area contributed by atoms with Crippen LogP contribution in [0.1, 0.15) is 18.4 Å². The Morgan fingerprint density at radius 2 is 1.96 bits per heavy atom. The number of hydrogen-bond donors (Lipinski definition) is 1. The zero-order valence-electron chi connectivity index (χ0n) is 12.6. The molecular formula is C16H17N3O4. The standard InChI is InChI=1S/C16H17N3O4/c1-12(13-5-3-2-4-6-13)9-17-15(20)11-18-10-14(19(22)23)7-8-16(18)21/h2-8,10,12H,9,11H2,1H3,(H,17,20)/t12-/m0/s1. The highest BCUT2D eigenvalue weighted by Crippen LogP contribution is 2.13. The summed E-state index contributed by atoms with van der Waals surface area (Å²) >= 11 is 0. The van der Waals surface area contributed by atoms with Crippen LogP contribution in [0.15, 0.2) is 53.5 Å². The number of aromatic nitrogens is 1. The summed E-state index contributed by atoms with van der Waals surface area (Å²) in [6.45, 7) is 2.16. The van der Waals surface area contributed by atoms with Crippen molar-refractivity contribution in [2.45, 2.75) is 19.4 Å². The van der Waals surface area contributed by atoms with Crippen LogP contribution in [0.2, 0.25) is 0 Å². The van der Waals surface area contributed by atoms with E-state index in [-0.39, 0.29) is 24.1 Å². The minimum atomic E-state index is -0.606. The summed E-state index contributed by atoms with van der Waals surface area (Å²) in [7, 11) is 0. The van der Waals surface area contributed by atoms with E-state index in [1.165, 1.54) is 0 Å². The van der Waals surface area contributed by atoms with Crippen molar-refractivity contribution in [2.75, 3.05) is 6.54 Å². The first-order chi connectivity index (χ1) is 11.0. The monoisotopic (exact) mass is 315 g/mol. The van der Waals surface area contributed by atoms with Gasteiger partial charge in [-0.05, 0) is 11.5 Å². The van der Waals surface area contributed by atoms with E-state index in [1.807, 2.05) is 37.3 Å². The fraction of sp³-hybridized carbons (Fsp3) is 0.250. The number of carbonyl (C=O) groups is 1. The highest BCUT2D eigenvalue weighted by atomic mass is 16.6. The average molecular weight is 315 g/mol. The maximum atomic E-state index is 11.9. The Morgan fingerprint density at radius 1 is 1.26 bits per heavy atom. The van der Waals surface area contributed by atoms with Gasteiger partial charge < -0.3 is 5.32 Å². The molecule has 1 N–H and O–H groups in total. The molecule has 2 aromatic rings. The van der Waals surface area contributed by atoms with Crippen LogP contribution in [0.3, 0.4) is 0 Å². The SMILES string of the molecule is C[C@@H](CNC(=O)Cn1cc([N+](=O)[O-])ccc1=O)c1ccccc1. The van der Waals surface area contributed by atoms with Gasteiger partial charge >= 0.3 is 0 Å². The molecule has 0 fully saturated rings. The van der Waals surface area contributed by atoms with Crippen molar-refractivity contribution in [2.24, 2.45) is 0 Å². The maximum absolute atomic E-state index is 11.9. The molecule has 0 unspecified atom stereocenters. The third-order valence-corrected chi connectivity index (χ3v) is 3.47. The molecule has 7 heteroatoms. The van der Waals surface area contributed by atoms with Crippen molar-refractivity contribution < 1.29 is 9.72 Å². The molecule has 7 nitrogen and oxygen atoms in total. The van der Waals surface area contributed by atoms with Gasteiger partial charge in [-0.1, -0.05) is 37.3 Å². The quantitative estimate of drug-likeness (QED) is 0.648. The highest BCUT2D eigenvalue weighted by molar-refractivity contribution is 5.75. The second kappa shape index (κ2) is 7.35. The maximum Gasteiger partial charge on any atom is 0.285 e.